The molecule has 35 heteroatoms. The summed E-state index contributed by atoms with van der Waals surface area (Å²) in [5.74, 6) is -10.2. The standard InChI is InChI=1S/C79H103FN14O20/c1-11-43(4)72(91(8)67(104)37-85-77(108)71(42(2)3)90(7)63(100)22-16-13-17-27-93-64(101)25-26-65(93)102)57(111-9)32-66(103)92-28-18-21-55(92)74(112-10)45(6)75(106)83-34-59(96)81-33-58(95)82-36-61(98)88-54(29-46-19-14-12-15-20-46)76(107)84-35-60(97)86-41-113-40-62(99)87-52-24-23-47-44(5)51(80)31-53-68(47)69(52)49-38-94-56(70(49)89-53)30-48-50(78(94)109)39-114-79(110)73(48)105/h12,14-15,19-20,25-26,30-31,42-43,45,52,54-55,57,71-74,105H,11,13,16-18,21-24,27-29,32-41H2,1-10H3,(H,81,96)(H,82,95)(H,83,106)(H,84,107)(H,85,108)(H,86,97)(H,87,99)(H,88,98)/t43-,45+,52?,54+,55-,57+,71?,72-,73+,74+/m0/s1. The van der Waals surface area contributed by atoms with E-state index >= 15 is 4.39 Å². The molecule has 4 aromatic rings. The van der Waals surface area contributed by atoms with Crippen molar-refractivity contribution < 1.29 is 95.6 Å². The van der Waals surface area contributed by atoms with Gasteiger partial charge in [0.15, 0.2) is 6.10 Å². The van der Waals surface area contributed by atoms with Crippen LogP contribution in [0.25, 0.3) is 22.3 Å². The highest BCUT2D eigenvalue weighted by molar-refractivity contribution is 6.13. The summed E-state index contributed by atoms with van der Waals surface area (Å²) >= 11 is 0. The predicted molar refractivity (Wildman–Crippen MR) is 407 cm³/mol. The van der Waals surface area contributed by atoms with Crippen LogP contribution in [0.15, 0.2) is 59.4 Å². The molecule has 34 nitrogen and oxygen atoms in total. The number of aliphatic hydroxyl groups is 1. The minimum absolute atomic E-state index is 0.0302. The summed E-state index contributed by atoms with van der Waals surface area (Å²) in [6, 6.07) is 7.39. The molecule has 0 spiro atoms. The molecular weight excluding hydrogens is 1480 g/mol. The molecule has 2 aromatic heterocycles. The molecule has 2 aromatic carbocycles. The molecule has 4 aliphatic heterocycles. The summed E-state index contributed by atoms with van der Waals surface area (Å²) in [4.78, 5) is 209. The number of carbonyl (C=O) groups excluding carboxylic acids is 14. The number of methoxy groups -OCH3 is 2. The lowest BCUT2D eigenvalue weighted by atomic mass is 9.81. The molecule has 0 bridgehead atoms. The fourth-order valence-electron chi connectivity index (χ4n) is 15.6. The smallest absolute Gasteiger partial charge is 0.340 e. The van der Waals surface area contributed by atoms with E-state index in [1.807, 2.05) is 13.8 Å². The van der Waals surface area contributed by atoms with Gasteiger partial charge in [-0.3, -0.25) is 72.0 Å². The van der Waals surface area contributed by atoms with Crippen LogP contribution in [0, 0.1) is 30.5 Å². The average molecular weight is 1590 g/mol. The number of benzene rings is 2. The van der Waals surface area contributed by atoms with E-state index in [9.17, 15) is 77.0 Å². The number of halogens is 1. The number of aromatic nitrogens is 2. The molecule has 1 aliphatic carbocycles. The zero-order valence-electron chi connectivity index (χ0n) is 65.9. The van der Waals surface area contributed by atoms with Gasteiger partial charge in [0.05, 0.1) is 104 Å². The average Bonchev–Trinajstić information content (AvgIpc) is 1.50. The van der Waals surface area contributed by atoms with Gasteiger partial charge in [-0.15, -0.1) is 0 Å². The van der Waals surface area contributed by atoms with Gasteiger partial charge >= 0.3 is 5.97 Å². The van der Waals surface area contributed by atoms with Crippen LogP contribution < -0.4 is 48.1 Å². The van der Waals surface area contributed by atoms with Crippen LogP contribution in [0.4, 0.5) is 4.39 Å². The van der Waals surface area contributed by atoms with Crippen molar-refractivity contribution in [3.8, 4) is 11.4 Å². The summed E-state index contributed by atoms with van der Waals surface area (Å²) < 4.78 is 39.2. The van der Waals surface area contributed by atoms with Gasteiger partial charge in [0, 0.05) is 89.0 Å². The zero-order chi connectivity index (χ0) is 82.9. The Kier molecular flexibility index (Phi) is 30.3. The van der Waals surface area contributed by atoms with E-state index < -0.39 is 171 Å². The molecule has 114 heavy (non-hydrogen) atoms. The second kappa shape index (κ2) is 39.7. The number of likely N-dealkylation sites (N-methyl/N-ethyl adjacent to an activating group) is 2. The lowest BCUT2D eigenvalue weighted by Gasteiger charge is -2.39. The molecule has 2 unspecified atom stereocenters. The fourth-order valence-corrected chi connectivity index (χ4v) is 15.6. The number of hydrogen-bond donors (Lipinski definition) is 9. The van der Waals surface area contributed by atoms with Crippen molar-refractivity contribution in [2.75, 3.05) is 87.5 Å². The number of rotatable bonds is 39. The van der Waals surface area contributed by atoms with Crippen LogP contribution in [0.5, 0.6) is 0 Å². The summed E-state index contributed by atoms with van der Waals surface area (Å²) in [6.45, 7) is 7.17. The van der Waals surface area contributed by atoms with Crippen molar-refractivity contribution in [2.24, 2.45) is 17.8 Å². The third kappa shape index (κ3) is 20.9. The van der Waals surface area contributed by atoms with Crippen molar-refractivity contribution in [1.82, 2.24) is 71.7 Å². The van der Waals surface area contributed by atoms with Crippen LogP contribution in [-0.2, 0) is 112 Å². The summed E-state index contributed by atoms with van der Waals surface area (Å²) in [5.41, 5.74) is 3.60. The van der Waals surface area contributed by atoms with Crippen LogP contribution in [-0.4, -0.2) is 241 Å². The van der Waals surface area contributed by atoms with Gasteiger partial charge in [-0.1, -0.05) is 77.8 Å². The van der Waals surface area contributed by atoms with Gasteiger partial charge in [0.2, 0.25) is 65.0 Å². The number of fused-ring (bicyclic) bond motifs is 5. The molecule has 1 fully saturated rings. The van der Waals surface area contributed by atoms with E-state index in [0.717, 1.165) is 4.90 Å². The maximum atomic E-state index is 15.4. The molecule has 13 amide bonds. The number of aryl methyl sites for hydroxylation is 1. The molecule has 1 saturated heterocycles. The maximum absolute atomic E-state index is 15.4. The van der Waals surface area contributed by atoms with Crippen LogP contribution in [0.3, 0.4) is 0 Å². The van der Waals surface area contributed by atoms with Crippen LogP contribution >= 0.6 is 0 Å². The maximum Gasteiger partial charge on any atom is 0.340 e. The van der Waals surface area contributed by atoms with E-state index in [1.165, 1.54) is 59.9 Å². The zero-order valence-corrected chi connectivity index (χ0v) is 65.9. The number of likely N-dealkylation sites (tertiary alicyclic amines) is 1. The molecule has 616 valence electrons. The van der Waals surface area contributed by atoms with Gasteiger partial charge in [-0.25, -0.2) is 14.2 Å². The first kappa shape index (κ1) is 87.1. The highest BCUT2D eigenvalue weighted by Crippen LogP contribution is 2.45. The Balaban J connectivity index is 0.685. The molecular formula is C79H103FN14O20. The minimum atomic E-state index is -1.69. The Morgan fingerprint density at radius 2 is 1.39 bits per heavy atom. The summed E-state index contributed by atoms with van der Waals surface area (Å²) in [6.07, 6.45) is 2.95. The highest BCUT2D eigenvalue weighted by atomic mass is 19.1. The number of cyclic esters (lactones) is 1. The topological polar surface area (TPSA) is 440 Å². The SMILES string of the molecule is CC[C@H](C)[C@@H]([C@@H](CC(=O)N1CCC[C@H]1[C@H](OC)[C@@H](C)C(=O)NCC(=O)NCC(=O)NCC(=O)N[C@H](Cc1ccccc1)C(=O)NCC(=O)NCOCC(=O)NC1CCc2c(C)c(F)cc3nc4c(c1c23)Cn1c-4cc2c(c1=O)COC(=O)[C@@H]2O)OC)N(C)C(=O)CNC(=O)C(C(C)C)N(C)C(=O)CCCCCN1C(=O)C=CC1=O. The normalized spacial score (nSPS) is 17.7. The number of pyridine rings is 2. The van der Waals surface area contributed by atoms with Gasteiger partial charge in [0.1, 0.15) is 37.8 Å². The van der Waals surface area contributed by atoms with E-state index in [1.54, 1.807) is 70.0 Å². The number of carbonyl (C=O) groups is 14. The first-order chi connectivity index (χ1) is 54.4. The van der Waals surface area contributed by atoms with Crippen LogP contribution in [0.1, 0.15) is 143 Å². The van der Waals surface area contributed by atoms with Crippen LogP contribution in [0.2, 0.25) is 0 Å². The lowest BCUT2D eigenvalue weighted by molar-refractivity contribution is -0.157. The van der Waals surface area contributed by atoms with Crippen molar-refractivity contribution in [1.29, 1.82) is 0 Å². The molecule has 5 aliphatic rings. The van der Waals surface area contributed by atoms with Gasteiger partial charge in [-0.05, 0) is 85.6 Å². The molecule has 6 heterocycles. The van der Waals surface area contributed by atoms with E-state index in [-0.39, 0.29) is 91.1 Å². The number of hydrogen-bond acceptors (Lipinski definition) is 21. The molecule has 0 radical (unpaired) electrons. The van der Waals surface area contributed by atoms with Crippen molar-refractivity contribution >= 4 is 93.7 Å². The largest absolute Gasteiger partial charge is 0.458 e. The molecule has 9 rings (SSSR count). The van der Waals surface area contributed by atoms with Gasteiger partial charge in [0.25, 0.3) is 17.4 Å². The number of amides is 13. The number of imide groups is 1. The Morgan fingerprint density at radius 3 is 2.06 bits per heavy atom. The Labute approximate surface area is 658 Å². The molecule has 10 atom stereocenters. The number of nitrogens with zero attached hydrogens (tertiary/aromatic N) is 6. The fraction of sp³-hybridized carbons (Fsp3) is 0.544. The van der Waals surface area contributed by atoms with E-state index in [2.05, 4.69) is 42.5 Å². The number of esters is 1. The first-order valence-electron chi connectivity index (χ1n) is 38.4. The van der Waals surface area contributed by atoms with Crippen molar-refractivity contribution in [2.45, 2.75) is 174 Å². The van der Waals surface area contributed by atoms with Gasteiger partial charge in [-0.2, -0.15) is 0 Å². The third-order valence-corrected chi connectivity index (χ3v) is 21.9. The Bertz CT molecular complexity index is 4420. The molecule has 0 saturated carbocycles. The second-order valence-electron chi connectivity index (χ2n) is 29.7. The lowest BCUT2D eigenvalue weighted by Crippen LogP contribution is -2.55. The summed E-state index contributed by atoms with van der Waals surface area (Å²) in [5, 5.41) is 31.8. The predicted octanol–water partition coefficient (Wildman–Crippen LogP) is 0.354. The quantitative estimate of drug-likeness (QED) is 0.0111. The van der Waals surface area contributed by atoms with Crippen molar-refractivity contribution in [3.05, 3.63) is 110 Å². The molecule has 9 N–H and O–H groups in total. The second-order valence-corrected chi connectivity index (χ2v) is 29.7. The Morgan fingerprint density at radius 1 is 0.737 bits per heavy atom. The number of nitrogens with one attached hydrogen (secondary N) is 8. The monoisotopic (exact) mass is 1590 g/mol. The minimum Gasteiger partial charge on any atom is -0.458 e. The first-order valence-corrected chi connectivity index (χ1v) is 38.4. The summed E-state index contributed by atoms with van der Waals surface area (Å²) in [7, 11) is 5.96. The van der Waals surface area contributed by atoms with Crippen molar-refractivity contribution in [3.63, 3.8) is 0 Å². The number of unbranched alkanes of at least 4 members (excludes halogenated alkanes) is 2. The van der Waals surface area contributed by atoms with E-state index in [0.29, 0.717) is 103 Å². The van der Waals surface area contributed by atoms with Gasteiger partial charge < -0.3 is 85.9 Å². The highest BCUT2D eigenvalue weighted by Gasteiger charge is 2.44. The van der Waals surface area contributed by atoms with E-state index in [4.69, 9.17) is 23.9 Å². The number of aliphatic hydroxyl groups excluding tert-OH is 1. The Hall–Kier alpha value is -10.9. The third-order valence-electron chi connectivity index (χ3n) is 21.9. The number of ether oxygens (including phenoxy) is 4.